The van der Waals surface area contributed by atoms with Crippen LogP contribution in [0.25, 0.3) is 21.8 Å². The minimum atomic E-state index is -0.511. The van der Waals surface area contributed by atoms with Gasteiger partial charge in [0, 0.05) is 43.3 Å². The third kappa shape index (κ3) is 6.73. The first-order chi connectivity index (χ1) is 19.2. The molecule has 8 nitrogen and oxygen atoms in total. The van der Waals surface area contributed by atoms with E-state index >= 15 is 0 Å². The monoisotopic (exact) mass is 542 g/mol. The van der Waals surface area contributed by atoms with Crippen LogP contribution in [-0.4, -0.2) is 63.3 Å². The number of aromatic nitrogens is 3. The van der Waals surface area contributed by atoms with E-state index in [-0.39, 0.29) is 12.1 Å². The van der Waals surface area contributed by atoms with E-state index in [4.69, 9.17) is 14.7 Å². The van der Waals surface area contributed by atoms with E-state index in [1.807, 2.05) is 39.1 Å². The maximum absolute atomic E-state index is 12.5. The van der Waals surface area contributed by atoms with Crippen LogP contribution in [0.1, 0.15) is 53.2 Å². The molecule has 0 spiro atoms. The SMILES string of the molecule is CC(C)C(CN1CCC(N(Cc2nccc3ccccc23)c2nc3ccccc3[nH]2)CC1)NC(=O)OC(C)(C)C. The fourth-order valence-electron chi connectivity index (χ4n) is 5.50. The van der Waals surface area contributed by atoms with Crippen molar-refractivity contribution >= 4 is 33.8 Å². The highest BCUT2D eigenvalue weighted by molar-refractivity contribution is 5.84. The van der Waals surface area contributed by atoms with Gasteiger partial charge in [-0.1, -0.05) is 50.2 Å². The largest absolute Gasteiger partial charge is 0.444 e. The average Bonchev–Trinajstić information content (AvgIpc) is 3.35. The lowest BCUT2D eigenvalue weighted by molar-refractivity contribution is 0.0468. The molecular weight excluding hydrogens is 500 g/mol. The van der Waals surface area contributed by atoms with Crippen molar-refractivity contribution in [3.8, 4) is 0 Å². The molecule has 4 aromatic rings. The van der Waals surface area contributed by atoms with Crippen molar-refractivity contribution in [1.29, 1.82) is 0 Å². The number of amides is 1. The molecule has 0 radical (unpaired) electrons. The van der Waals surface area contributed by atoms with Crippen molar-refractivity contribution in [3.63, 3.8) is 0 Å². The van der Waals surface area contributed by atoms with Gasteiger partial charge in [0.05, 0.1) is 23.3 Å². The van der Waals surface area contributed by atoms with Crippen LogP contribution in [0.15, 0.2) is 60.8 Å². The van der Waals surface area contributed by atoms with Gasteiger partial charge in [0.25, 0.3) is 0 Å². The van der Waals surface area contributed by atoms with Crippen molar-refractivity contribution in [2.45, 2.75) is 71.7 Å². The number of H-pyrrole nitrogens is 1. The number of pyridine rings is 1. The lowest BCUT2D eigenvalue weighted by atomic mass is 9.99. The molecule has 2 aromatic carbocycles. The van der Waals surface area contributed by atoms with Gasteiger partial charge < -0.3 is 24.8 Å². The van der Waals surface area contributed by atoms with Gasteiger partial charge in [-0.3, -0.25) is 4.98 Å². The topological polar surface area (TPSA) is 86.4 Å². The summed E-state index contributed by atoms with van der Waals surface area (Å²) < 4.78 is 5.53. The summed E-state index contributed by atoms with van der Waals surface area (Å²) in [4.78, 5) is 30.7. The lowest BCUT2D eigenvalue weighted by Gasteiger charge is -2.40. The minimum Gasteiger partial charge on any atom is -0.444 e. The van der Waals surface area contributed by atoms with Gasteiger partial charge in [0.2, 0.25) is 5.95 Å². The first-order valence-electron chi connectivity index (χ1n) is 14.4. The van der Waals surface area contributed by atoms with Crippen molar-refractivity contribution < 1.29 is 9.53 Å². The molecule has 2 N–H and O–H groups in total. The molecule has 1 aliphatic heterocycles. The highest BCUT2D eigenvalue weighted by Crippen LogP contribution is 2.28. The summed E-state index contributed by atoms with van der Waals surface area (Å²) in [7, 11) is 0. The third-order valence-corrected chi connectivity index (χ3v) is 7.68. The summed E-state index contributed by atoms with van der Waals surface area (Å²) in [5.41, 5.74) is 2.56. The van der Waals surface area contributed by atoms with Crippen LogP contribution >= 0.6 is 0 Å². The number of para-hydroxylation sites is 2. The van der Waals surface area contributed by atoms with Gasteiger partial charge in [-0.2, -0.15) is 0 Å². The molecule has 3 heterocycles. The Labute approximate surface area is 237 Å². The molecule has 5 rings (SSSR count). The molecule has 1 saturated heterocycles. The van der Waals surface area contributed by atoms with Gasteiger partial charge in [-0.05, 0) is 63.1 Å². The molecule has 8 heteroatoms. The number of benzene rings is 2. The number of alkyl carbamates (subject to hydrolysis) is 1. The predicted molar refractivity (Wildman–Crippen MR) is 161 cm³/mol. The number of nitrogens with one attached hydrogen (secondary N) is 2. The smallest absolute Gasteiger partial charge is 0.407 e. The Bertz CT molecular complexity index is 1400. The molecule has 1 aliphatic rings. The fourth-order valence-corrected chi connectivity index (χ4v) is 5.50. The maximum Gasteiger partial charge on any atom is 0.407 e. The Morgan fingerprint density at radius 1 is 1.10 bits per heavy atom. The number of ether oxygens (including phenoxy) is 1. The van der Waals surface area contributed by atoms with Crippen LogP contribution in [0.2, 0.25) is 0 Å². The molecule has 1 amide bonds. The number of hydrogen-bond donors (Lipinski definition) is 2. The van der Waals surface area contributed by atoms with E-state index < -0.39 is 5.60 Å². The average molecular weight is 543 g/mol. The number of likely N-dealkylation sites (tertiary alicyclic amines) is 1. The molecule has 1 atom stereocenters. The number of fused-ring (bicyclic) bond motifs is 2. The number of hydrogen-bond acceptors (Lipinski definition) is 6. The van der Waals surface area contributed by atoms with Crippen LogP contribution in [0, 0.1) is 5.92 Å². The van der Waals surface area contributed by atoms with Gasteiger partial charge in [0.15, 0.2) is 0 Å². The number of anilines is 1. The van der Waals surface area contributed by atoms with Gasteiger partial charge >= 0.3 is 6.09 Å². The number of aromatic amines is 1. The van der Waals surface area contributed by atoms with Gasteiger partial charge in [-0.15, -0.1) is 0 Å². The van der Waals surface area contributed by atoms with Gasteiger partial charge in [-0.25, -0.2) is 9.78 Å². The number of imidazole rings is 1. The van der Waals surface area contributed by atoms with Crippen molar-refractivity contribution in [2.75, 3.05) is 24.5 Å². The first-order valence-corrected chi connectivity index (χ1v) is 14.4. The summed E-state index contributed by atoms with van der Waals surface area (Å²) in [5, 5.41) is 5.48. The Morgan fingerprint density at radius 3 is 2.55 bits per heavy atom. The second kappa shape index (κ2) is 11.8. The molecule has 0 bridgehead atoms. The maximum atomic E-state index is 12.5. The summed E-state index contributed by atoms with van der Waals surface area (Å²) in [6, 6.07) is 19.0. The van der Waals surface area contributed by atoms with Crippen molar-refractivity contribution in [2.24, 2.45) is 5.92 Å². The van der Waals surface area contributed by atoms with Crippen LogP contribution in [-0.2, 0) is 11.3 Å². The van der Waals surface area contributed by atoms with Crippen molar-refractivity contribution in [1.82, 2.24) is 25.2 Å². The van der Waals surface area contributed by atoms with E-state index in [9.17, 15) is 4.79 Å². The van der Waals surface area contributed by atoms with E-state index in [0.29, 0.717) is 18.5 Å². The standard InChI is InChI=1S/C32H42N6O2/c1-22(2)28(36-31(39)40-32(3,4)5)20-37-18-15-24(16-19-37)38(30-34-26-12-8-9-13-27(26)35-30)21-29-25-11-7-6-10-23(25)14-17-33-29/h6-14,17,22,24,28H,15-16,18-21H2,1-5H3,(H,34,35)(H,36,39). The van der Waals surface area contributed by atoms with E-state index in [0.717, 1.165) is 55.2 Å². The Hall–Kier alpha value is -3.65. The molecule has 0 aliphatic carbocycles. The van der Waals surface area contributed by atoms with Crippen LogP contribution in [0.4, 0.5) is 10.7 Å². The first kappa shape index (κ1) is 27.9. The number of carbonyl (C=O) groups excluding carboxylic acids is 1. The van der Waals surface area contributed by atoms with E-state index in [1.165, 1.54) is 10.8 Å². The molecule has 2 aromatic heterocycles. The Kier molecular flexibility index (Phi) is 8.26. The highest BCUT2D eigenvalue weighted by atomic mass is 16.6. The third-order valence-electron chi connectivity index (χ3n) is 7.68. The molecule has 1 unspecified atom stereocenters. The van der Waals surface area contributed by atoms with E-state index in [2.05, 4.69) is 76.4 Å². The Morgan fingerprint density at radius 2 is 1.82 bits per heavy atom. The summed E-state index contributed by atoms with van der Waals surface area (Å²) >= 11 is 0. The normalized spacial score (nSPS) is 15.9. The molecule has 40 heavy (non-hydrogen) atoms. The van der Waals surface area contributed by atoms with Crippen LogP contribution < -0.4 is 10.2 Å². The zero-order valence-electron chi connectivity index (χ0n) is 24.4. The lowest BCUT2D eigenvalue weighted by Crippen LogP contribution is -2.52. The molecule has 0 saturated carbocycles. The second-order valence-corrected chi connectivity index (χ2v) is 12.2. The molecule has 1 fully saturated rings. The zero-order chi connectivity index (χ0) is 28.3. The van der Waals surface area contributed by atoms with Gasteiger partial charge in [0.1, 0.15) is 5.60 Å². The summed E-state index contributed by atoms with van der Waals surface area (Å²) in [6.45, 7) is 13.4. The Balaban J connectivity index is 1.32. The van der Waals surface area contributed by atoms with Crippen LogP contribution in [0.5, 0.6) is 0 Å². The molecule has 212 valence electrons. The number of nitrogens with zero attached hydrogens (tertiary/aromatic N) is 4. The highest BCUT2D eigenvalue weighted by Gasteiger charge is 2.30. The quantitative estimate of drug-likeness (QED) is 0.279. The number of rotatable bonds is 8. The molecular formula is C32H42N6O2. The number of piperidine rings is 1. The van der Waals surface area contributed by atoms with Crippen molar-refractivity contribution in [3.05, 3.63) is 66.5 Å². The minimum absolute atomic E-state index is 0.0257. The van der Waals surface area contributed by atoms with E-state index in [1.54, 1.807) is 0 Å². The zero-order valence-corrected chi connectivity index (χ0v) is 24.4. The fraction of sp³-hybridized carbons (Fsp3) is 0.469. The summed E-state index contributed by atoms with van der Waals surface area (Å²) in [5.74, 6) is 1.19. The number of carbonyl (C=O) groups is 1. The van der Waals surface area contributed by atoms with Crippen LogP contribution in [0.3, 0.4) is 0 Å². The second-order valence-electron chi connectivity index (χ2n) is 12.2. The summed E-state index contributed by atoms with van der Waals surface area (Å²) in [6.07, 6.45) is 3.55. The predicted octanol–water partition coefficient (Wildman–Crippen LogP) is 6.13.